The van der Waals surface area contributed by atoms with Gasteiger partial charge in [-0.3, -0.25) is 9.59 Å². The summed E-state index contributed by atoms with van der Waals surface area (Å²) >= 11 is 1.29. The minimum atomic E-state index is -0.500. The summed E-state index contributed by atoms with van der Waals surface area (Å²) in [5, 5.41) is 1.92. The fourth-order valence-electron chi connectivity index (χ4n) is 5.37. The Balaban J connectivity index is 1.38. The van der Waals surface area contributed by atoms with Crippen molar-refractivity contribution in [3.05, 3.63) is 57.2 Å². The first-order chi connectivity index (χ1) is 17.4. The van der Waals surface area contributed by atoms with Gasteiger partial charge in [-0.15, -0.1) is 11.3 Å². The van der Waals surface area contributed by atoms with Gasteiger partial charge < -0.3 is 26.3 Å². The minimum Gasteiger partial charge on any atom is -0.397 e. The van der Waals surface area contributed by atoms with Gasteiger partial charge in [-0.25, -0.2) is 4.98 Å². The lowest BCUT2D eigenvalue weighted by molar-refractivity contribution is 0.100. The van der Waals surface area contributed by atoms with Crippen molar-refractivity contribution in [2.24, 2.45) is 5.73 Å². The third kappa shape index (κ3) is 4.39. The number of nitrogen functional groups attached to an aromatic ring is 1. The Bertz CT molecular complexity index is 1490. The molecule has 0 saturated carbocycles. The standard InChI is InChI=1S/C27H32N6O2S/c1-3-5-17-15-21(31-27-23(17)24(28)25(36-27)26(29)35)32-12-10-18(11-13-32)33(4-2)19-7-8-20-16(14-19)6-9-22(34)30-20/h6-9,14-15,18H,3-5,10-13,28H2,1-2H3,(H2,29,35)(H,30,34). The highest BCUT2D eigenvalue weighted by atomic mass is 32.1. The minimum absolute atomic E-state index is 0.0834. The van der Waals surface area contributed by atoms with Crippen molar-refractivity contribution >= 4 is 55.6 Å². The van der Waals surface area contributed by atoms with Gasteiger partial charge in [0.1, 0.15) is 15.5 Å². The van der Waals surface area contributed by atoms with Crippen molar-refractivity contribution in [3.63, 3.8) is 0 Å². The molecule has 5 N–H and O–H groups in total. The molecule has 4 aromatic rings. The van der Waals surface area contributed by atoms with Crippen LogP contribution in [-0.4, -0.2) is 41.6 Å². The van der Waals surface area contributed by atoms with E-state index in [-0.39, 0.29) is 5.56 Å². The van der Waals surface area contributed by atoms with Gasteiger partial charge in [-0.05, 0) is 62.1 Å². The molecule has 1 amide bonds. The number of amides is 1. The van der Waals surface area contributed by atoms with Crippen molar-refractivity contribution in [1.29, 1.82) is 0 Å². The van der Waals surface area contributed by atoms with Crippen LogP contribution in [0.4, 0.5) is 17.2 Å². The van der Waals surface area contributed by atoms with Gasteiger partial charge in [0.15, 0.2) is 0 Å². The number of pyridine rings is 2. The molecule has 8 nitrogen and oxygen atoms in total. The van der Waals surface area contributed by atoms with Crippen molar-refractivity contribution in [2.75, 3.05) is 35.2 Å². The number of fused-ring (bicyclic) bond motifs is 2. The van der Waals surface area contributed by atoms with E-state index >= 15 is 0 Å². The number of nitrogens with two attached hydrogens (primary N) is 2. The zero-order valence-corrected chi connectivity index (χ0v) is 21.5. The van der Waals surface area contributed by atoms with Gasteiger partial charge in [0.2, 0.25) is 5.56 Å². The van der Waals surface area contributed by atoms with E-state index in [2.05, 4.69) is 46.8 Å². The molecule has 9 heteroatoms. The maximum absolute atomic E-state index is 11.9. The van der Waals surface area contributed by atoms with Crippen LogP contribution >= 0.6 is 11.3 Å². The molecule has 1 aliphatic rings. The molecule has 5 rings (SSSR count). The monoisotopic (exact) mass is 504 g/mol. The zero-order chi connectivity index (χ0) is 25.4. The van der Waals surface area contributed by atoms with E-state index in [1.165, 1.54) is 17.0 Å². The Morgan fingerprint density at radius 1 is 1.19 bits per heavy atom. The number of thiophene rings is 1. The molecule has 0 unspecified atom stereocenters. The van der Waals surface area contributed by atoms with Crippen molar-refractivity contribution in [3.8, 4) is 0 Å². The molecule has 188 valence electrons. The predicted molar refractivity (Wildman–Crippen MR) is 149 cm³/mol. The Labute approximate surface area is 213 Å². The first-order valence-corrected chi connectivity index (χ1v) is 13.4. The summed E-state index contributed by atoms with van der Waals surface area (Å²) in [6.45, 7) is 7.03. The number of piperidine rings is 1. The highest BCUT2D eigenvalue weighted by Crippen LogP contribution is 2.38. The summed E-state index contributed by atoms with van der Waals surface area (Å²) in [6, 6.07) is 12.3. The van der Waals surface area contributed by atoms with Crippen molar-refractivity contribution < 1.29 is 4.79 Å². The second kappa shape index (κ2) is 9.81. The van der Waals surface area contributed by atoms with Crippen LogP contribution in [0.3, 0.4) is 0 Å². The van der Waals surface area contributed by atoms with Crippen molar-refractivity contribution in [1.82, 2.24) is 9.97 Å². The molecule has 0 spiro atoms. The molecule has 4 heterocycles. The van der Waals surface area contributed by atoms with E-state index in [9.17, 15) is 9.59 Å². The van der Waals surface area contributed by atoms with Gasteiger partial charge in [0.25, 0.3) is 5.91 Å². The first-order valence-electron chi connectivity index (χ1n) is 12.6. The lowest BCUT2D eigenvalue weighted by Gasteiger charge is -2.40. The van der Waals surface area contributed by atoms with Gasteiger partial charge >= 0.3 is 0 Å². The van der Waals surface area contributed by atoms with Gasteiger partial charge in [0, 0.05) is 53.7 Å². The highest BCUT2D eigenvalue weighted by molar-refractivity contribution is 7.21. The number of aryl methyl sites for hydroxylation is 1. The van der Waals surface area contributed by atoms with Crippen LogP contribution in [-0.2, 0) is 6.42 Å². The zero-order valence-electron chi connectivity index (χ0n) is 20.7. The van der Waals surface area contributed by atoms with E-state index in [0.29, 0.717) is 16.6 Å². The van der Waals surface area contributed by atoms with Crippen LogP contribution in [0.15, 0.2) is 41.2 Å². The van der Waals surface area contributed by atoms with E-state index in [1.807, 2.05) is 12.1 Å². The maximum atomic E-state index is 11.9. The van der Waals surface area contributed by atoms with E-state index < -0.39 is 5.91 Å². The smallest absolute Gasteiger partial charge is 0.260 e. The van der Waals surface area contributed by atoms with Crippen LogP contribution in [0, 0.1) is 0 Å². The van der Waals surface area contributed by atoms with Crippen LogP contribution < -0.4 is 26.8 Å². The number of benzene rings is 1. The van der Waals surface area contributed by atoms with Crippen molar-refractivity contribution in [2.45, 2.75) is 45.6 Å². The van der Waals surface area contributed by atoms with E-state index in [1.54, 1.807) is 6.07 Å². The average molecular weight is 505 g/mol. The second-order valence-corrected chi connectivity index (χ2v) is 10.4. The molecule has 1 aliphatic heterocycles. The Hall–Kier alpha value is -3.59. The largest absolute Gasteiger partial charge is 0.397 e. The number of primary amides is 1. The summed E-state index contributed by atoms with van der Waals surface area (Å²) in [5.74, 6) is 0.444. The number of carbonyl (C=O) groups is 1. The predicted octanol–water partition coefficient (Wildman–Crippen LogP) is 4.27. The molecule has 1 saturated heterocycles. The number of rotatable bonds is 7. The SMILES string of the molecule is CCCc1cc(N2CCC(N(CC)c3ccc4[nH]c(=O)ccc4c3)CC2)nc2sc(C(N)=O)c(N)c12. The van der Waals surface area contributed by atoms with Crippen LogP contribution in [0.5, 0.6) is 0 Å². The van der Waals surface area contributed by atoms with Crippen LogP contribution in [0.25, 0.3) is 21.1 Å². The van der Waals surface area contributed by atoms with Gasteiger partial charge in [-0.1, -0.05) is 13.3 Å². The number of nitrogens with one attached hydrogen (secondary N) is 1. The van der Waals surface area contributed by atoms with Crippen LogP contribution in [0.1, 0.15) is 48.3 Å². The topological polar surface area (TPSA) is 121 Å². The summed E-state index contributed by atoms with van der Waals surface area (Å²) in [6.07, 6.45) is 3.88. The highest BCUT2D eigenvalue weighted by Gasteiger charge is 2.26. The third-order valence-electron chi connectivity index (χ3n) is 7.12. The summed E-state index contributed by atoms with van der Waals surface area (Å²) in [7, 11) is 0. The number of H-pyrrole nitrogens is 1. The maximum Gasteiger partial charge on any atom is 0.260 e. The molecule has 3 aromatic heterocycles. The Morgan fingerprint density at radius 2 is 1.97 bits per heavy atom. The molecular weight excluding hydrogens is 472 g/mol. The number of aromatic amines is 1. The molecule has 0 aliphatic carbocycles. The van der Waals surface area contributed by atoms with Gasteiger partial charge in [-0.2, -0.15) is 0 Å². The molecule has 0 atom stereocenters. The average Bonchev–Trinajstić information content (AvgIpc) is 3.22. The van der Waals surface area contributed by atoms with Crippen LogP contribution in [0.2, 0.25) is 0 Å². The number of nitrogens with zero attached hydrogens (tertiary/aromatic N) is 3. The van der Waals surface area contributed by atoms with E-state index in [0.717, 1.165) is 77.8 Å². The number of hydrogen-bond acceptors (Lipinski definition) is 7. The van der Waals surface area contributed by atoms with Gasteiger partial charge in [0.05, 0.1) is 5.69 Å². The molecular formula is C27H32N6O2S. The molecule has 0 radical (unpaired) electrons. The fourth-order valence-corrected chi connectivity index (χ4v) is 6.36. The molecule has 1 fully saturated rings. The number of carbonyl (C=O) groups excluding carboxylic acids is 1. The fraction of sp³-hybridized carbons (Fsp3) is 0.370. The first kappa shape index (κ1) is 24.1. The Kier molecular flexibility index (Phi) is 6.57. The lowest BCUT2D eigenvalue weighted by atomic mass is 10.0. The summed E-state index contributed by atoms with van der Waals surface area (Å²) in [5.41, 5.74) is 15.4. The number of anilines is 3. The lowest BCUT2D eigenvalue weighted by Crippen LogP contribution is -2.45. The van der Waals surface area contributed by atoms with E-state index in [4.69, 9.17) is 16.5 Å². The number of hydrogen-bond donors (Lipinski definition) is 3. The quantitative estimate of drug-likeness (QED) is 0.346. The summed E-state index contributed by atoms with van der Waals surface area (Å²) < 4.78 is 0. The third-order valence-corrected chi connectivity index (χ3v) is 8.23. The molecule has 0 bridgehead atoms. The Morgan fingerprint density at radius 3 is 2.67 bits per heavy atom. The normalized spacial score (nSPS) is 14.6. The summed E-state index contributed by atoms with van der Waals surface area (Å²) in [4.78, 5) is 37.3. The number of aromatic nitrogens is 2. The molecule has 36 heavy (non-hydrogen) atoms. The second-order valence-electron chi connectivity index (χ2n) is 9.38. The molecule has 1 aromatic carbocycles.